The zero-order valence-corrected chi connectivity index (χ0v) is 16.0. The first-order chi connectivity index (χ1) is 12.2. The van der Waals surface area contributed by atoms with Crippen molar-refractivity contribution in [2.75, 3.05) is 19.6 Å². The third kappa shape index (κ3) is 4.95. The molecule has 0 saturated carbocycles. The van der Waals surface area contributed by atoms with E-state index in [2.05, 4.69) is 36.9 Å². The van der Waals surface area contributed by atoms with E-state index < -0.39 is 0 Å². The zero-order chi connectivity index (χ0) is 17.6. The number of aliphatic imine (C=N–C) groups is 1. The number of hydrogen-bond acceptors (Lipinski definition) is 3. The number of nitrogens with zero attached hydrogens (tertiary/aromatic N) is 1. The average molecular weight is 409 g/mol. The van der Waals surface area contributed by atoms with Gasteiger partial charge in [0.25, 0.3) is 5.91 Å². The summed E-state index contributed by atoms with van der Waals surface area (Å²) in [6.45, 7) is 3.87. The van der Waals surface area contributed by atoms with Gasteiger partial charge >= 0.3 is 0 Å². The lowest BCUT2D eigenvalue weighted by atomic mass is 9.96. The number of guanidine groups is 1. The highest BCUT2D eigenvalue weighted by Gasteiger charge is 2.41. The molecule has 2 aliphatic heterocycles. The Kier molecular flexibility index (Phi) is 6.31. The molecule has 2 heterocycles. The van der Waals surface area contributed by atoms with Gasteiger partial charge < -0.3 is 20.7 Å². The highest BCUT2D eigenvalue weighted by atomic mass is 79.9. The van der Waals surface area contributed by atoms with E-state index >= 15 is 0 Å². The van der Waals surface area contributed by atoms with E-state index in [9.17, 15) is 4.79 Å². The summed E-state index contributed by atoms with van der Waals surface area (Å²) in [7, 11) is 0. The molecule has 0 radical (unpaired) electrons. The van der Waals surface area contributed by atoms with Gasteiger partial charge in [0, 0.05) is 23.1 Å². The minimum Gasteiger partial charge on any atom is -0.373 e. The molecule has 2 aliphatic rings. The van der Waals surface area contributed by atoms with Crippen LogP contribution < -0.4 is 16.0 Å². The van der Waals surface area contributed by atoms with Crippen LogP contribution in [0.2, 0.25) is 0 Å². The van der Waals surface area contributed by atoms with Gasteiger partial charge in [0.2, 0.25) is 0 Å². The van der Waals surface area contributed by atoms with Crippen LogP contribution in [0, 0.1) is 0 Å². The van der Waals surface area contributed by atoms with Crippen LogP contribution in [0.25, 0.3) is 0 Å². The Morgan fingerprint density at radius 1 is 1.36 bits per heavy atom. The SMILES string of the molecule is CCNC(=NCCNC(=O)c1cccc(Br)c1)NC1CC2CCC1O2. The van der Waals surface area contributed by atoms with Crippen LogP contribution in [0.3, 0.4) is 0 Å². The normalized spacial score (nSPS) is 25.0. The summed E-state index contributed by atoms with van der Waals surface area (Å²) < 4.78 is 6.77. The molecule has 3 N–H and O–H groups in total. The molecule has 1 amide bonds. The Balaban J connectivity index is 1.46. The van der Waals surface area contributed by atoms with Gasteiger partial charge in [0.05, 0.1) is 24.8 Å². The van der Waals surface area contributed by atoms with Gasteiger partial charge in [-0.2, -0.15) is 0 Å². The second-order valence-electron chi connectivity index (χ2n) is 6.39. The fourth-order valence-electron chi connectivity index (χ4n) is 3.35. The average Bonchev–Trinajstić information content (AvgIpc) is 3.21. The van der Waals surface area contributed by atoms with Crippen LogP contribution in [0.4, 0.5) is 0 Å². The molecule has 1 aromatic rings. The van der Waals surface area contributed by atoms with Gasteiger partial charge in [-0.25, -0.2) is 0 Å². The fourth-order valence-corrected chi connectivity index (χ4v) is 3.75. The predicted octanol–water partition coefficient (Wildman–Crippen LogP) is 2.05. The van der Waals surface area contributed by atoms with Crippen molar-refractivity contribution >= 4 is 27.8 Å². The maximum atomic E-state index is 12.1. The van der Waals surface area contributed by atoms with Gasteiger partial charge in [0.1, 0.15) is 0 Å². The van der Waals surface area contributed by atoms with Crippen molar-refractivity contribution in [3.05, 3.63) is 34.3 Å². The molecule has 25 heavy (non-hydrogen) atoms. The molecule has 0 spiro atoms. The summed E-state index contributed by atoms with van der Waals surface area (Å²) >= 11 is 3.38. The van der Waals surface area contributed by atoms with E-state index in [1.54, 1.807) is 12.1 Å². The van der Waals surface area contributed by atoms with Crippen LogP contribution in [0.15, 0.2) is 33.7 Å². The number of ether oxygens (including phenoxy) is 1. The van der Waals surface area contributed by atoms with Crippen LogP contribution in [-0.4, -0.2) is 49.8 Å². The molecule has 3 unspecified atom stereocenters. The van der Waals surface area contributed by atoms with E-state index in [0.717, 1.165) is 29.8 Å². The van der Waals surface area contributed by atoms with Crippen molar-refractivity contribution in [3.63, 3.8) is 0 Å². The number of fused-ring (bicyclic) bond motifs is 2. The summed E-state index contributed by atoms with van der Waals surface area (Å²) in [4.78, 5) is 16.7. The van der Waals surface area contributed by atoms with Crippen molar-refractivity contribution in [1.82, 2.24) is 16.0 Å². The van der Waals surface area contributed by atoms with E-state index in [1.807, 2.05) is 19.1 Å². The van der Waals surface area contributed by atoms with Gasteiger partial charge in [-0.3, -0.25) is 9.79 Å². The topological polar surface area (TPSA) is 74.8 Å². The van der Waals surface area contributed by atoms with Crippen molar-refractivity contribution < 1.29 is 9.53 Å². The van der Waals surface area contributed by atoms with E-state index in [1.165, 1.54) is 6.42 Å². The Labute approximate surface area is 156 Å². The minimum absolute atomic E-state index is 0.0871. The number of nitrogens with one attached hydrogen (secondary N) is 3. The third-order valence-electron chi connectivity index (χ3n) is 4.53. The molecule has 3 atom stereocenters. The highest BCUT2D eigenvalue weighted by Crippen LogP contribution is 2.34. The Bertz CT molecular complexity index is 637. The molecular formula is C18H25BrN4O2. The van der Waals surface area contributed by atoms with Crippen LogP contribution >= 0.6 is 15.9 Å². The first-order valence-corrected chi connectivity index (χ1v) is 9.69. The number of carbonyl (C=O) groups is 1. The lowest BCUT2D eigenvalue weighted by Gasteiger charge is -2.22. The summed E-state index contributed by atoms with van der Waals surface area (Å²) in [5.74, 6) is 0.705. The molecule has 3 rings (SSSR count). The maximum absolute atomic E-state index is 12.1. The second kappa shape index (κ2) is 8.67. The van der Waals surface area contributed by atoms with Crippen molar-refractivity contribution in [2.24, 2.45) is 4.99 Å². The van der Waals surface area contributed by atoms with Crippen molar-refractivity contribution in [2.45, 2.75) is 44.4 Å². The molecule has 2 bridgehead atoms. The van der Waals surface area contributed by atoms with Gasteiger partial charge in [-0.15, -0.1) is 0 Å². The summed E-state index contributed by atoms with van der Waals surface area (Å²) in [5.41, 5.74) is 0.641. The quantitative estimate of drug-likeness (QED) is 0.382. The maximum Gasteiger partial charge on any atom is 0.251 e. The lowest BCUT2D eigenvalue weighted by molar-refractivity contribution is 0.0954. The van der Waals surface area contributed by atoms with Gasteiger partial charge in [0.15, 0.2) is 5.96 Å². The van der Waals surface area contributed by atoms with Crippen LogP contribution in [-0.2, 0) is 4.74 Å². The summed E-state index contributed by atoms with van der Waals surface area (Å²) in [6.07, 6.45) is 4.08. The molecule has 136 valence electrons. The van der Waals surface area contributed by atoms with Crippen molar-refractivity contribution in [3.8, 4) is 0 Å². The number of halogens is 1. The minimum atomic E-state index is -0.0871. The lowest BCUT2D eigenvalue weighted by Crippen LogP contribution is -2.47. The number of hydrogen-bond donors (Lipinski definition) is 3. The largest absolute Gasteiger partial charge is 0.373 e. The van der Waals surface area contributed by atoms with Gasteiger partial charge in [-0.1, -0.05) is 22.0 Å². The Morgan fingerprint density at radius 3 is 2.92 bits per heavy atom. The monoisotopic (exact) mass is 408 g/mol. The third-order valence-corrected chi connectivity index (χ3v) is 5.02. The van der Waals surface area contributed by atoms with Gasteiger partial charge in [-0.05, 0) is 44.4 Å². The molecule has 1 aromatic carbocycles. The molecule has 2 fully saturated rings. The van der Waals surface area contributed by atoms with Crippen molar-refractivity contribution in [1.29, 1.82) is 0 Å². The van der Waals surface area contributed by atoms with Crippen LogP contribution in [0.5, 0.6) is 0 Å². The molecule has 0 aliphatic carbocycles. The number of amides is 1. The standard InChI is InChI=1S/C18H25BrN4O2/c1-2-20-18(23-15-11-14-6-7-16(15)25-14)22-9-8-21-17(24)12-4-3-5-13(19)10-12/h3-5,10,14-16H,2,6-9,11H2,1H3,(H,21,24)(H2,20,22,23). The molecule has 2 saturated heterocycles. The Morgan fingerprint density at radius 2 is 2.24 bits per heavy atom. The number of carbonyl (C=O) groups excluding carboxylic acids is 1. The molecule has 0 aromatic heterocycles. The Hall–Kier alpha value is -1.60. The first-order valence-electron chi connectivity index (χ1n) is 8.89. The molecule has 7 heteroatoms. The second-order valence-corrected chi connectivity index (χ2v) is 7.30. The first kappa shape index (κ1) is 18.2. The van der Waals surface area contributed by atoms with E-state index in [4.69, 9.17) is 4.74 Å². The fraction of sp³-hybridized carbons (Fsp3) is 0.556. The van der Waals surface area contributed by atoms with E-state index in [0.29, 0.717) is 36.9 Å². The van der Waals surface area contributed by atoms with Crippen LogP contribution in [0.1, 0.15) is 36.5 Å². The predicted molar refractivity (Wildman–Crippen MR) is 102 cm³/mol. The van der Waals surface area contributed by atoms with E-state index in [-0.39, 0.29) is 5.91 Å². The molecular weight excluding hydrogens is 384 g/mol. The highest BCUT2D eigenvalue weighted by molar-refractivity contribution is 9.10. The summed E-state index contributed by atoms with van der Waals surface area (Å²) in [6, 6.07) is 7.69. The summed E-state index contributed by atoms with van der Waals surface area (Å²) in [5, 5.41) is 9.63. The molecule has 6 nitrogen and oxygen atoms in total. The number of benzene rings is 1. The zero-order valence-electron chi connectivity index (χ0n) is 14.4. The smallest absolute Gasteiger partial charge is 0.251 e. The number of rotatable bonds is 6.